The summed E-state index contributed by atoms with van der Waals surface area (Å²) in [5, 5.41) is 3.25. The molecule has 0 atom stereocenters. The normalized spacial score (nSPS) is 13.2. The fraction of sp³-hybridized carbons (Fsp3) is 0.0192. The van der Waals surface area contributed by atoms with Crippen LogP contribution in [0.4, 0.5) is 17.1 Å². The molecule has 1 spiro atoms. The second-order valence-electron chi connectivity index (χ2n) is 14.7. The quantitative estimate of drug-likeness (QED) is 0.183. The van der Waals surface area contributed by atoms with Gasteiger partial charge in [-0.15, -0.1) is 0 Å². The maximum Gasteiger partial charge on any atom is 0.154 e. The Labute approximate surface area is 318 Å². The van der Waals surface area contributed by atoms with Gasteiger partial charge in [0.05, 0.1) is 17.1 Å². The molecule has 0 radical (unpaired) electrons. The van der Waals surface area contributed by atoms with E-state index in [0.29, 0.717) is 0 Å². The predicted molar refractivity (Wildman–Crippen MR) is 225 cm³/mol. The highest BCUT2D eigenvalue weighted by molar-refractivity contribution is 6.18. The minimum absolute atomic E-state index is 0.436. The van der Waals surface area contributed by atoms with Crippen molar-refractivity contribution >= 4 is 49.9 Å². The van der Waals surface area contributed by atoms with Crippen LogP contribution in [0, 0.1) is 0 Å². The number of anilines is 3. The fourth-order valence-electron chi connectivity index (χ4n) is 9.64. The van der Waals surface area contributed by atoms with Crippen LogP contribution in [-0.2, 0) is 5.41 Å². The lowest BCUT2D eigenvalue weighted by molar-refractivity contribution is 0.667. The summed E-state index contributed by atoms with van der Waals surface area (Å²) in [5.74, 6) is 0. The fourth-order valence-corrected chi connectivity index (χ4v) is 9.64. The number of benzene rings is 8. The van der Waals surface area contributed by atoms with Crippen molar-refractivity contribution in [2.75, 3.05) is 4.90 Å². The van der Waals surface area contributed by atoms with E-state index in [1.54, 1.807) is 0 Å². The van der Waals surface area contributed by atoms with Crippen molar-refractivity contribution in [2.24, 2.45) is 0 Å². The van der Waals surface area contributed by atoms with E-state index in [0.717, 1.165) is 49.9 Å². The second-order valence-corrected chi connectivity index (χ2v) is 14.7. The smallest absolute Gasteiger partial charge is 0.154 e. The number of nitrogens with zero attached hydrogens (tertiary/aromatic N) is 2. The van der Waals surface area contributed by atoms with E-state index in [-0.39, 0.29) is 0 Å². The molecule has 0 N–H and O–H groups in total. The number of furan rings is 1. The predicted octanol–water partition coefficient (Wildman–Crippen LogP) is 13.6. The van der Waals surface area contributed by atoms with Gasteiger partial charge in [-0.3, -0.25) is 4.98 Å². The first kappa shape index (κ1) is 30.3. The molecule has 0 bridgehead atoms. The number of hydrogen-bond donors (Lipinski definition) is 0. The van der Waals surface area contributed by atoms with Crippen molar-refractivity contribution in [1.29, 1.82) is 0 Å². The number of pyridine rings is 1. The Morgan fingerprint density at radius 1 is 0.400 bits per heavy atom. The number of hydrogen-bond acceptors (Lipinski definition) is 3. The molecular formula is C52H32N2O. The summed E-state index contributed by atoms with van der Waals surface area (Å²) >= 11 is 0. The molecule has 3 nitrogen and oxygen atoms in total. The Hall–Kier alpha value is -7.23. The molecule has 0 saturated heterocycles. The zero-order valence-electron chi connectivity index (χ0n) is 29.8. The highest BCUT2D eigenvalue weighted by Gasteiger charge is 2.51. The second kappa shape index (κ2) is 11.4. The summed E-state index contributed by atoms with van der Waals surface area (Å²) in [5.41, 5.74) is 18.3. The minimum Gasteiger partial charge on any atom is -0.454 e. The van der Waals surface area contributed by atoms with Gasteiger partial charge in [0.15, 0.2) is 5.58 Å². The zero-order chi connectivity index (χ0) is 36.1. The molecule has 0 aliphatic heterocycles. The molecule has 0 amide bonds. The largest absolute Gasteiger partial charge is 0.454 e. The maximum atomic E-state index is 6.42. The van der Waals surface area contributed by atoms with Crippen molar-refractivity contribution in [3.05, 3.63) is 217 Å². The van der Waals surface area contributed by atoms with Crippen LogP contribution in [-0.4, -0.2) is 4.98 Å². The van der Waals surface area contributed by atoms with E-state index < -0.39 is 5.41 Å². The number of para-hydroxylation sites is 1. The average molecular weight is 701 g/mol. The van der Waals surface area contributed by atoms with E-state index >= 15 is 0 Å². The Morgan fingerprint density at radius 3 is 1.65 bits per heavy atom. The summed E-state index contributed by atoms with van der Waals surface area (Å²) in [4.78, 5) is 7.11. The number of fused-ring (bicyclic) bond motifs is 15. The molecule has 2 aromatic heterocycles. The Morgan fingerprint density at radius 2 is 0.945 bits per heavy atom. The van der Waals surface area contributed by atoms with Crippen molar-refractivity contribution in [1.82, 2.24) is 4.98 Å². The van der Waals surface area contributed by atoms with Gasteiger partial charge in [-0.1, -0.05) is 140 Å². The summed E-state index contributed by atoms with van der Waals surface area (Å²) < 4.78 is 6.42. The molecule has 256 valence electrons. The number of aromatic nitrogens is 1. The lowest BCUT2D eigenvalue weighted by atomic mass is 9.70. The molecule has 10 aromatic rings. The van der Waals surface area contributed by atoms with Crippen molar-refractivity contribution in [3.63, 3.8) is 0 Å². The summed E-state index contributed by atoms with van der Waals surface area (Å²) in [6.07, 6.45) is 1.85. The molecule has 2 aliphatic carbocycles. The van der Waals surface area contributed by atoms with Gasteiger partial charge in [-0.05, 0) is 104 Å². The zero-order valence-corrected chi connectivity index (χ0v) is 29.8. The lowest BCUT2D eigenvalue weighted by Gasteiger charge is -2.32. The van der Waals surface area contributed by atoms with E-state index in [2.05, 4.69) is 187 Å². The van der Waals surface area contributed by atoms with Crippen molar-refractivity contribution in [3.8, 4) is 33.4 Å². The van der Waals surface area contributed by atoms with Crippen molar-refractivity contribution in [2.45, 2.75) is 5.41 Å². The van der Waals surface area contributed by atoms with Crippen LogP contribution in [0.3, 0.4) is 0 Å². The van der Waals surface area contributed by atoms with Gasteiger partial charge >= 0.3 is 0 Å². The van der Waals surface area contributed by atoms with Gasteiger partial charge in [0, 0.05) is 33.2 Å². The van der Waals surface area contributed by atoms with Gasteiger partial charge < -0.3 is 9.32 Å². The molecule has 8 aromatic carbocycles. The molecule has 0 saturated carbocycles. The van der Waals surface area contributed by atoms with Gasteiger partial charge in [0.25, 0.3) is 0 Å². The Kier molecular flexibility index (Phi) is 6.26. The van der Waals surface area contributed by atoms with Crippen LogP contribution in [0.25, 0.3) is 66.2 Å². The van der Waals surface area contributed by atoms with E-state index in [9.17, 15) is 0 Å². The van der Waals surface area contributed by atoms with Crippen LogP contribution in [0.2, 0.25) is 0 Å². The van der Waals surface area contributed by atoms with Gasteiger partial charge in [0.2, 0.25) is 0 Å². The van der Waals surface area contributed by atoms with Gasteiger partial charge in [0.1, 0.15) is 5.58 Å². The lowest BCUT2D eigenvalue weighted by Crippen LogP contribution is -2.26. The summed E-state index contributed by atoms with van der Waals surface area (Å²) in [7, 11) is 0. The third kappa shape index (κ3) is 4.18. The highest BCUT2D eigenvalue weighted by atomic mass is 16.3. The summed E-state index contributed by atoms with van der Waals surface area (Å²) in [6.45, 7) is 0. The van der Waals surface area contributed by atoms with E-state index in [1.165, 1.54) is 55.6 Å². The first-order valence-electron chi connectivity index (χ1n) is 18.9. The first-order valence-corrected chi connectivity index (χ1v) is 18.9. The van der Waals surface area contributed by atoms with E-state index in [4.69, 9.17) is 9.40 Å². The SMILES string of the molecule is c1ccc(-c2ccc(N(c3ccc4c(c3)C3(c5ccccc5-c5ccccc53)c3ccccc3-4)c3ccc4oc5cnc6ccccc6c5c4c3)cc2)cc1. The van der Waals surface area contributed by atoms with Crippen LogP contribution >= 0.6 is 0 Å². The molecule has 55 heavy (non-hydrogen) atoms. The summed E-state index contributed by atoms with van der Waals surface area (Å²) in [6, 6.07) is 68.5. The minimum atomic E-state index is -0.436. The first-order chi connectivity index (χ1) is 27.3. The Balaban J connectivity index is 1.12. The average Bonchev–Trinajstić information content (AvgIpc) is 3.88. The topological polar surface area (TPSA) is 29.3 Å². The third-order valence-electron chi connectivity index (χ3n) is 11.9. The molecule has 2 aliphatic rings. The van der Waals surface area contributed by atoms with Crippen LogP contribution in [0.15, 0.2) is 199 Å². The van der Waals surface area contributed by atoms with Crippen LogP contribution in [0.1, 0.15) is 22.3 Å². The molecule has 3 heteroatoms. The molecular weight excluding hydrogens is 669 g/mol. The van der Waals surface area contributed by atoms with Crippen molar-refractivity contribution < 1.29 is 4.42 Å². The molecule has 12 rings (SSSR count). The van der Waals surface area contributed by atoms with Gasteiger partial charge in [-0.25, -0.2) is 0 Å². The monoisotopic (exact) mass is 700 g/mol. The maximum absolute atomic E-state index is 6.42. The highest BCUT2D eigenvalue weighted by Crippen LogP contribution is 2.63. The van der Waals surface area contributed by atoms with E-state index in [1.807, 2.05) is 12.3 Å². The molecule has 2 heterocycles. The van der Waals surface area contributed by atoms with Gasteiger partial charge in [-0.2, -0.15) is 0 Å². The number of rotatable bonds is 4. The molecule has 0 unspecified atom stereocenters. The van der Waals surface area contributed by atoms with Crippen LogP contribution < -0.4 is 4.90 Å². The standard InChI is InChI=1S/C52H32N2O/c1-2-12-33(13-3-1)34-22-24-35(25-23-34)54(36-27-29-49-43(30-36)51-42-17-7-11-21-48(42)53-32-50(51)55-49)37-26-28-41-40-16-6-10-20-46(40)52(47(41)31-37)44-18-8-4-14-38(44)39-15-5-9-19-45(39)52/h1-32H. The van der Waals surface area contributed by atoms with Crippen LogP contribution in [0.5, 0.6) is 0 Å². The third-order valence-corrected chi connectivity index (χ3v) is 11.9. The Bertz CT molecular complexity index is 3090. The molecule has 0 fully saturated rings.